The predicted octanol–water partition coefficient (Wildman–Crippen LogP) is 5.22. The summed E-state index contributed by atoms with van der Waals surface area (Å²) in [5, 5.41) is 6.07. The predicted molar refractivity (Wildman–Crippen MR) is 120 cm³/mol. The van der Waals surface area contributed by atoms with Crippen molar-refractivity contribution in [1.82, 2.24) is 4.98 Å². The highest BCUT2D eigenvalue weighted by Gasteiger charge is 2.14. The molecule has 0 aliphatic carbocycles. The summed E-state index contributed by atoms with van der Waals surface area (Å²) >= 11 is 1.41. The van der Waals surface area contributed by atoms with E-state index in [9.17, 15) is 9.59 Å². The molecule has 0 spiro atoms. The van der Waals surface area contributed by atoms with Crippen molar-refractivity contribution in [2.45, 2.75) is 6.92 Å². The smallest absolute Gasteiger partial charge is 0.291 e. The molecule has 0 saturated carbocycles. The molecule has 4 aromatic rings. The molecular weight excluding hydrogens is 414 g/mol. The van der Waals surface area contributed by atoms with Crippen LogP contribution in [0.4, 0.5) is 10.8 Å². The molecule has 0 aliphatic heterocycles. The Kier molecular flexibility index (Phi) is 5.81. The number of thiazole rings is 1. The molecule has 2 heterocycles. The van der Waals surface area contributed by atoms with Crippen LogP contribution in [-0.2, 0) is 0 Å². The van der Waals surface area contributed by atoms with Crippen LogP contribution in [0.2, 0.25) is 0 Å². The normalized spacial score (nSPS) is 10.5. The summed E-state index contributed by atoms with van der Waals surface area (Å²) in [6.45, 7) is 1.96. The van der Waals surface area contributed by atoms with Gasteiger partial charge in [-0.25, -0.2) is 4.98 Å². The van der Waals surface area contributed by atoms with Gasteiger partial charge in [0.2, 0.25) is 0 Å². The summed E-state index contributed by atoms with van der Waals surface area (Å²) in [7, 11) is 1.62. The Balaban J connectivity index is 1.43. The van der Waals surface area contributed by atoms with Gasteiger partial charge >= 0.3 is 0 Å². The van der Waals surface area contributed by atoms with Crippen LogP contribution in [0.15, 0.2) is 71.3 Å². The zero-order valence-electron chi connectivity index (χ0n) is 16.8. The highest BCUT2D eigenvalue weighted by Crippen LogP contribution is 2.31. The third-order valence-corrected chi connectivity index (χ3v) is 5.42. The second-order valence-corrected chi connectivity index (χ2v) is 7.82. The third kappa shape index (κ3) is 4.65. The van der Waals surface area contributed by atoms with Gasteiger partial charge in [0.05, 0.1) is 19.1 Å². The molecule has 2 aromatic carbocycles. The molecule has 0 fully saturated rings. The van der Waals surface area contributed by atoms with Gasteiger partial charge in [-0.3, -0.25) is 14.9 Å². The molecule has 0 aliphatic rings. The fourth-order valence-electron chi connectivity index (χ4n) is 2.94. The van der Waals surface area contributed by atoms with Crippen molar-refractivity contribution >= 4 is 34.0 Å². The van der Waals surface area contributed by atoms with Gasteiger partial charge in [0, 0.05) is 21.7 Å². The maximum atomic E-state index is 12.6. The monoisotopic (exact) mass is 433 g/mol. The molecule has 0 bridgehead atoms. The van der Waals surface area contributed by atoms with Crippen molar-refractivity contribution in [2.75, 3.05) is 17.7 Å². The average molecular weight is 433 g/mol. The lowest BCUT2D eigenvalue weighted by Crippen LogP contribution is -2.13. The summed E-state index contributed by atoms with van der Waals surface area (Å²) in [6, 6.07) is 17.4. The van der Waals surface area contributed by atoms with Crippen LogP contribution in [0.25, 0.3) is 11.3 Å². The quantitative estimate of drug-likeness (QED) is 0.435. The van der Waals surface area contributed by atoms with Crippen LogP contribution in [0.3, 0.4) is 0 Å². The Morgan fingerprint density at radius 3 is 2.35 bits per heavy atom. The summed E-state index contributed by atoms with van der Waals surface area (Å²) in [6.07, 6.45) is 1.43. The van der Waals surface area contributed by atoms with Crippen molar-refractivity contribution in [1.29, 1.82) is 0 Å². The Bertz CT molecular complexity index is 1200. The second kappa shape index (κ2) is 8.85. The number of ether oxygens (including phenoxy) is 1. The van der Waals surface area contributed by atoms with E-state index in [4.69, 9.17) is 9.15 Å². The van der Waals surface area contributed by atoms with Gasteiger partial charge in [0.15, 0.2) is 10.9 Å². The number of hydrogen-bond donors (Lipinski definition) is 2. The van der Waals surface area contributed by atoms with Crippen molar-refractivity contribution < 1.29 is 18.7 Å². The zero-order chi connectivity index (χ0) is 21.8. The molecule has 4 rings (SSSR count). The van der Waals surface area contributed by atoms with E-state index in [-0.39, 0.29) is 17.6 Å². The molecule has 2 amide bonds. The van der Waals surface area contributed by atoms with E-state index >= 15 is 0 Å². The molecule has 0 atom stereocenters. The Morgan fingerprint density at radius 2 is 1.71 bits per heavy atom. The van der Waals surface area contributed by atoms with Crippen molar-refractivity contribution in [2.24, 2.45) is 0 Å². The van der Waals surface area contributed by atoms with Crippen molar-refractivity contribution in [3.05, 3.63) is 83.1 Å². The lowest BCUT2D eigenvalue weighted by molar-refractivity contribution is 0.0995. The number of carbonyl (C=O) groups is 2. The fourth-order valence-corrected chi connectivity index (χ4v) is 3.77. The molecule has 156 valence electrons. The number of anilines is 2. The number of carbonyl (C=O) groups excluding carboxylic acids is 2. The minimum Gasteiger partial charge on any atom is -0.497 e. The minimum atomic E-state index is -0.355. The molecule has 2 aromatic heterocycles. The number of hydrogen-bond acceptors (Lipinski definition) is 6. The lowest BCUT2D eigenvalue weighted by atomic mass is 10.1. The molecule has 0 saturated heterocycles. The summed E-state index contributed by atoms with van der Waals surface area (Å²) in [4.78, 5) is 30.2. The van der Waals surface area contributed by atoms with E-state index in [1.165, 1.54) is 17.6 Å². The van der Waals surface area contributed by atoms with Crippen LogP contribution >= 0.6 is 11.3 Å². The molecule has 7 nitrogen and oxygen atoms in total. The van der Waals surface area contributed by atoms with E-state index in [1.807, 2.05) is 31.2 Å². The highest BCUT2D eigenvalue weighted by molar-refractivity contribution is 7.16. The Labute approximate surface area is 182 Å². The van der Waals surface area contributed by atoms with Gasteiger partial charge in [0.25, 0.3) is 11.8 Å². The minimum absolute atomic E-state index is 0.216. The van der Waals surface area contributed by atoms with Gasteiger partial charge in [-0.1, -0.05) is 0 Å². The summed E-state index contributed by atoms with van der Waals surface area (Å²) in [5.41, 5.74) is 2.78. The molecular formula is C23H19N3O4S. The number of aryl methyl sites for hydroxylation is 1. The molecule has 0 unspecified atom stereocenters. The highest BCUT2D eigenvalue weighted by atomic mass is 32.1. The molecule has 0 radical (unpaired) electrons. The molecule has 31 heavy (non-hydrogen) atoms. The van der Waals surface area contributed by atoms with E-state index in [1.54, 1.807) is 43.5 Å². The SMILES string of the molecule is COc1ccc(-c2nc(NC(=O)c3ccc(NC(=O)c4ccco4)cc3)sc2C)cc1. The van der Waals surface area contributed by atoms with Gasteiger partial charge < -0.3 is 14.5 Å². The van der Waals surface area contributed by atoms with Gasteiger partial charge in [-0.15, -0.1) is 11.3 Å². The number of methoxy groups -OCH3 is 1. The van der Waals surface area contributed by atoms with E-state index in [0.29, 0.717) is 16.4 Å². The van der Waals surface area contributed by atoms with E-state index in [0.717, 1.165) is 21.9 Å². The number of nitrogens with one attached hydrogen (secondary N) is 2. The summed E-state index contributed by atoms with van der Waals surface area (Å²) < 4.78 is 10.3. The van der Waals surface area contributed by atoms with Gasteiger partial charge in [0.1, 0.15) is 5.75 Å². The Morgan fingerprint density at radius 1 is 0.968 bits per heavy atom. The number of aromatic nitrogens is 1. The first-order valence-corrected chi connectivity index (χ1v) is 10.2. The van der Waals surface area contributed by atoms with Crippen molar-refractivity contribution in [3.63, 3.8) is 0 Å². The first-order valence-electron chi connectivity index (χ1n) is 9.41. The van der Waals surface area contributed by atoms with E-state index in [2.05, 4.69) is 15.6 Å². The number of amides is 2. The van der Waals surface area contributed by atoms with Crippen LogP contribution in [0.5, 0.6) is 5.75 Å². The van der Waals surface area contributed by atoms with E-state index < -0.39 is 0 Å². The van der Waals surface area contributed by atoms with Crippen LogP contribution in [0.1, 0.15) is 25.8 Å². The van der Waals surface area contributed by atoms with Crippen molar-refractivity contribution in [3.8, 4) is 17.0 Å². The summed E-state index contributed by atoms with van der Waals surface area (Å²) in [5.74, 6) is 0.355. The Hall–Kier alpha value is -3.91. The largest absolute Gasteiger partial charge is 0.497 e. The first-order chi connectivity index (χ1) is 15.0. The second-order valence-electron chi connectivity index (χ2n) is 6.62. The topological polar surface area (TPSA) is 93.5 Å². The number of furan rings is 1. The third-order valence-electron chi connectivity index (χ3n) is 4.53. The molecule has 8 heteroatoms. The standard InChI is InChI=1S/C23H19N3O4S/c1-14-20(15-7-11-18(29-2)12-8-15)25-23(31-14)26-21(27)16-5-9-17(10-6-16)24-22(28)19-4-3-13-30-19/h3-13H,1-2H3,(H,24,28)(H,25,26,27). The van der Waals surface area contributed by atoms with Crippen LogP contribution in [0, 0.1) is 6.92 Å². The zero-order valence-corrected chi connectivity index (χ0v) is 17.7. The van der Waals surface area contributed by atoms with Crippen LogP contribution in [-0.4, -0.2) is 23.9 Å². The number of rotatable bonds is 6. The number of benzene rings is 2. The number of nitrogens with zero attached hydrogens (tertiary/aromatic N) is 1. The van der Waals surface area contributed by atoms with Gasteiger partial charge in [-0.2, -0.15) is 0 Å². The molecule has 2 N–H and O–H groups in total. The van der Waals surface area contributed by atoms with Crippen LogP contribution < -0.4 is 15.4 Å². The fraction of sp³-hybridized carbons (Fsp3) is 0.0870. The maximum Gasteiger partial charge on any atom is 0.291 e. The first kappa shape index (κ1) is 20.4. The maximum absolute atomic E-state index is 12.6. The average Bonchev–Trinajstić information content (AvgIpc) is 3.44. The van der Waals surface area contributed by atoms with Gasteiger partial charge in [-0.05, 0) is 67.6 Å². The lowest BCUT2D eigenvalue weighted by Gasteiger charge is -2.05.